The van der Waals surface area contributed by atoms with E-state index < -0.39 is 5.91 Å². The number of aryl methyl sites for hydroxylation is 1. The average molecular weight is 275 g/mol. The summed E-state index contributed by atoms with van der Waals surface area (Å²) in [6.07, 6.45) is 0.472. The highest BCUT2D eigenvalue weighted by atomic mass is 16.5. The van der Waals surface area contributed by atoms with Crippen molar-refractivity contribution >= 4 is 18.0 Å². The fraction of sp³-hybridized carbons (Fsp3) is 0.154. The molecule has 2 aromatic rings. The molecule has 0 unspecified atom stereocenters. The Kier molecular flexibility index (Phi) is 3.99. The first-order chi connectivity index (χ1) is 9.60. The second kappa shape index (κ2) is 5.87. The highest BCUT2D eigenvalue weighted by Crippen LogP contribution is 2.25. The monoisotopic (exact) mass is 275 g/mol. The molecule has 0 aliphatic rings. The molecule has 0 spiro atoms. The highest BCUT2D eigenvalue weighted by Gasteiger charge is 2.10. The zero-order valence-electron chi connectivity index (χ0n) is 10.7. The van der Waals surface area contributed by atoms with Gasteiger partial charge >= 0.3 is 0 Å². The number of aromatic hydroxyl groups is 1. The van der Waals surface area contributed by atoms with Gasteiger partial charge in [-0.1, -0.05) is 6.07 Å². The van der Waals surface area contributed by atoms with E-state index in [1.165, 1.54) is 18.2 Å². The lowest BCUT2D eigenvalue weighted by molar-refractivity contribution is -0.118. The summed E-state index contributed by atoms with van der Waals surface area (Å²) < 4.78 is 5.21. The number of H-pyrrole nitrogens is 1. The van der Waals surface area contributed by atoms with Crippen molar-refractivity contribution in [3.05, 3.63) is 35.5 Å². The molecule has 104 valence electrons. The Balaban J connectivity index is 1.97. The predicted octanol–water partition coefficient (Wildman–Crippen LogP) is 1.25. The number of aromatic nitrogens is 2. The lowest BCUT2D eigenvalue weighted by atomic mass is 10.2. The fourth-order valence-corrected chi connectivity index (χ4v) is 1.58. The summed E-state index contributed by atoms with van der Waals surface area (Å²) in [7, 11) is 0. The van der Waals surface area contributed by atoms with Crippen LogP contribution in [0, 0.1) is 6.92 Å². The number of carbonyl (C=O) groups excluding carboxylic acids is 2. The number of aldehydes is 1. The minimum atomic E-state index is -0.420. The van der Waals surface area contributed by atoms with E-state index in [2.05, 4.69) is 15.5 Å². The molecule has 0 aliphatic carbocycles. The lowest BCUT2D eigenvalue weighted by Gasteiger charge is -2.08. The van der Waals surface area contributed by atoms with Crippen LogP contribution in [-0.2, 0) is 4.79 Å². The minimum Gasteiger partial charge on any atom is -0.507 e. The molecule has 1 aromatic carbocycles. The van der Waals surface area contributed by atoms with Gasteiger partial charge in [-0.2, -0.15) is 5.10 Å². The lowest BCUT2D eigenvalue weighted by Crippen LogP contribution is -2.20. The Hall–Kier alpha value is -2.83. The van der Waals surface area contributed by atoms with Crippen molar-refractivity contribution < 1.29 is 19.4 Å². The number of nitrogens with zero attached hydrogens (tertiary/aromatic N) is 1. The molecular weight excluding hydrogens is 262 g/mol. The van der Waals surface area contributed by atoms with E-state index in [4.69, 9.17) is 4.74 Å². The van der Waals surface area contributed by atoms with E-state index in [-0.39, 0.29) is 23.7 Å². The van der Waals surface area contributed by atoms with Crippen LogP contribution in [0.1, 0.15) is 16.1 Å². The van der Waals surface area contributed by atoms with Crippen molar-refractivity contribution in [1.29, 1.82) is 0 Å². The number of nitrogens with one attached hydrogen (secondary N) is 2. The second-order valence-electron chi connectivity index (χ2n) is 4.08. The summed E-state index contributed by atoms with van der Waals surface area (Å²) in [5, 5.41) is 18.5. The molecule has 0 bridgehead atoms. The summed E-state index contributed by atoms with van der Waals surface area (Å²) in [5.41, 5.74) is 0.827. The van der Waals surface area contributed by atoms with E-state index in [9.17, 15) is 14.7 Å². The molecule has 7 nitrogen and oxygen atoms in total. The van der Waals surface area contributed by atoms with Gasteiger partial charge in [-0.3, -0.25) is 14.7 Å². The minimum absolute atomic E-state index is 0.0101. The predicted molar refractivity (Wildman–Crippen MR) is 70.9 cm³/mol. The van der Waals surface area contributed by atoms with Crippen molar-refractivity contribution in [3.63, 3.8) is 0 Å². The maximum atomic E-state index is 11.6. The van der Waals surface area contributed by atoms with Gasteiger partial charge in [0.15, 0.2) is 18.7 Å². The number of rotatable bonds is 5. The van der Waals surface area contributed by atoms with E-state index in [0.29, 0.717) is 12.1 Å². The number of anilines is 1. The molecule has 0 radical (unpaired) electrons. The molecule has 1 heterocycles. The van der Waals surface area contributed by atoms with Crippen molar-refractivity contribution in [2.45, 2.75) is 6.92 Å². The van der Waals surface area contributed by atoms with Crippen LogP contribution in [0.25, 0.3) is 0 Å². The van der Waals surface area contributed by atoms with Gasteiger partial charge in [0.1, 0.15) is 11.5 Å². The van der Waals surface area contributed by atoms with Crippen LogP contribution >= 0.6 is 0 Å². The zero-order chi connectivity index (χ0) is 14.5. The molecule has 0 saturated carbocycles. The molecule has 0 fully saturated rings. The SMILES string of the molecule is Cc1cc(NC(=O)COc2cccc(O)c2C=O)n[nH]1. The van der Waals surface area contributed by atoms with E-state index in [1.54, 1.807) is 6.07 Å². The molecule has 2 rings (SSSR count). The van der Waals surface area contributed by atoms with Crippen LogP contribution in [0.3, 0.4) is 0 Å². The Morgan fingerprint density at radius 3 is 3.00 bits per heavy atom. The smallest absolute Gasteiger partial charge is 0.263 e. The van der Waals surface area contributed by atoms with Crippen molar-refractivity contribution in [2.24, 2.45) is 0 Å². The maximum absolute atomic E-state index is 11.6. The van der Waals surface area contributed by atoms with Crippen LogP contribution in [0.5, 0.6) is 11.5 Å². The number of hydrogen-bond donors (Lipinski definition) is 3. The Labute approximate surface area is 114 Å². The number of benzene rings is 1. The third kappa shape index (κ3) is 3.14. The molecular formula is C13H13N3O4. The maximum Gasteiger partial charge on any atom is 0.263 e. The number of carbonyl (C=O) groups is 2. The first kappa shape index (κ1) is 13.6. The topological polar surface area (TPSA) is 104 Å². The molecule has 0 saturated heterocycles. The Bertz CT molecular complexity index is 636. The molecule has 0 aliphatic heterocycles. The van der Waals surface area contributed by atoms with Gasteiger partial charge in [0.25, 0.3) is 5.91 Å². The number of hydrogen-bond acceptors (Lipinski definition) is 5. The van der Waals surface area contributed by atoms with Gasteiger partial charge in [-0.05, 0) is 19.1 Å². The number of amides is 1. The zero-order valence-corrected chi connectivity index (χ0v) is 10.7. The number of aromatic amines is 1. The number of phenols is 1. The molecule has 0 atom stereocenters. The number of ether oxygens (including phenoxy) is 1. The van der Waals surface area contributed by atoms with Crippen molar-refractivity contribution in [2.75, 3.05) is 11.9 Å². The number of phenolic OH excluding ortho intramolecular Hbond substituents is 1. The summed E-state index contributed by atoms with van der Waals surface area (Å²) >= 11 is 0. The highest BCUT2D eigenvalue weighted by molar-refractivity contribution is 5.91. The molecule has 3 N–H and O–H groups in total. The summed E-state index contributed by atoms with van der Waals surface area (Å²) in [6.45, 7) is 1.51. The molecule has 20 heavy (non-hydrogen) atoms. The standard InChI is InChI=1S/C13H13N3O4/c1-8-5-12(16-15-8)14-13(19)7-20-11-4-2-3-10(18)9(11)6-17/h2-6,18H,7H2,1H3,(H2,14,15,16,19). The van der Waals surface area contributed by atoms with Crippen LogP contribution in [0.2, 0.25) is 0 Å². The van der Waals surface area contributed by atoms with Crippen LogP contribution < -0.4 is 10.1 Å². The molecule has 1 aromatic heterocycles. The first-order valence-electron chi connectivity index (χ1n) is 5.82. The van der Waals surface area contributed by atoms with Crippen molar-refractivity contribution in [1.82, 2.24) is 10.2 Å². The van der Waals surface area contributed by atoms with Crippen LogP contribution in [0.4, 0.5) is 5.82 Å². The van der Waals surface area contributed by atoms with Gasteiger partial charge in [0.2, 0.25) is 0 Å². The fourth-order valence-electron chi connectivity index (χ4n) is 1.58. The second-order valence-corrected chi connectivity index (χ2v) is 4.08. The van der Waals surface area contributed by atoms with E-state index in [0.717, 1.165) is 5.69 Å². The summed E-state index contributed by atoms with van der Waals surface area (Å²) in [4.78, 5) is 22.5. The summed E-state index contributed by atoms with van der Waals surface area (Å²) in [6, 6.07) is 6.05. The third-order valence-corrected chi connectivity index (χ3v) is 2.49. The summed E-state index contributed by atoms with van der Waals surface area (Å²) in [5.74, 6) is -0.0755. The quantitative estimate of drug-likeness (QED) is 0.712. The van der Waals surface area contributed by atoms with Gasteiger partial charge in [-0.25, -0.2) is 0 Å². The molecule has 7 heteroatoms. The van der Waals surface area contributed by atoms with Gasteiger partial charge in [0.05, 0.1) is 5.56 Å². The van der Waals surface area contributed by atoms with Gasteiger partial charge < -0.3 is 15.2 Å². The largest absolute Gasteiger partial charge is 0.507 e. The molecule has 1 amide bonds. The van der Waals surface area contributed by atoms with Crippen LogP contribution in [-0.4, -0.2) is 34.1 Å². The van der Waals surface area contributed by atoms with Crippen LogP contribution in [0.15, 0.2) is 24.3 Å². The van der Waals surface area contributed by atoms with E-state index in [1.807, 2.05) is 6.92 Å². The Morgan fingerprint density at radius 2 is 2.35 bits per heavy atom. The average Bonchev–Trinajstić information content (AvgIpc) is 2.81. The third-order valence-electron chi connectivity index (χ3n) is 2.49. The van der Waals surface area contributed by atoms with E-state index >= 15 is 0 Å². The first-order valence-corrected chi connectivity index (χ1v) is 5.82. The Morgan fingerprint density at radius 1 is 1.55 bits per heavy atom. The van der Waals surface area contributed by atoms with Gasteiger partial charge in [-0.15, -0.1) is 0 Å². The van der Waals surface area contributed by atoms with Gasteiger partial charge in [0, 0.05) is 11.8 Å². The van der Waals surface area contributed by atoms with Crippen molar-refractivity contribution in [3.8, 4) is 11.5 Å². The normalized spacial score (nSPS) is 10.1.